The van der Waals surface area contributed by atoms with E-state index in [4.69, 9.17) is 10.5 Å². The fourth-order valence-electron chi connectivity index (χ4n) is 2.38. The Bertz CT molecular complexity index is 289. The molecule has 2 fully saturated rings. The van der Waals surface area contributed by atoms with Crippen LogP contribution in [-0.2, 0) is 9.53 Å². The van der Waals surface area contributed by atoms with Gasteiger partial charge in [-0.1, -0.05) is 13.3 Å². The summed E-state index contributed by atoms with van der Waals surface area (Å²) in [7, 11) is 0. The van der Waals surface area contributed by atoms with E-state index < -0.39 is 5.41 Å². The second-order valence-electron chi connectivity index (χ2n) is 5.89. The molecule has 16 heavy (non-hydrogen) atoms. The molecule has 0 bridgehead atoms. The number of nitrogens with one attached hydrogen (secondary N) is 1. The number of hydrogen-bond donors (Lipinski definition) is 2. The van der Waals surface area contributed by atoms with Crippen LogP contribution in [0.4, 0.5) is 0 Å². The normalized spacial score (nSPS) is 36.8. The number of hydrogen-bond acceptors (Lipinski definition) is 3. The lowest BCUT2D eigenvalue weighted by Gasteiger charge is -2.39. The highest BCUT2D eigenvalue weighted by atomic mass is 16.5. The average molecular weight is 226 g/mol. The maximum Gasteiger partial charge on any atom is 0.229 e. The van der Waals surface area contributed by atoms with Crippen molar-refractivity contribution in [1.82, 2.24) is 5.32 Å². The lowest BCUT2D eigenvalue weighted by atomic mass is 9.70. The Morgan fingerprint density at radius 2 is 2.19 bits per heavy atom. The van der Waals surface area contributed by atoms with Crippen LogP contribution in [-0.4, -0.2) is 31.7 Å². The van der Waals surface area contributed by atoms with Crippen LogP contribution in [0.3, 0.4) is 0 Å². The smallest absolute Gasteiger partial charge is 0.229 e. The third-order valence-electron chi connectivity index (χ3n) is 4.27. The van der Waals surface area contributed by atoms with Crippen LogP contribution in [0.2, 0.25) is 0 Å². The second kappa shape index (κ2) is 4.00. The van der Waals surface area contributed by atoms with Crippen LogP contribution in [0.15, 0.2) is 0 Å². The third kappa shape index (κ3) is 1.96. The first-order valence-corrected chi connectivity index (χ1v) is 6.08. The predicted octanol–water partition coefficient (Wildman–Crippen LogP) is 0.657. The zero-order valence-electron chi connectivity index (χ0n) is 10.2. The fraction of sp³-hybridized carbons (Fsp3) is 0.917. The summed E-state index contributed by atoms with van der Waals surface area (Å²) in [6.45, 7) is 5.82. The molecule has 3 N–H and O–H groups in total. The first-order valence-electron chi connectivity index (χ1n) is 6.08. The molecule has 0 aromatic heterocycles. The van der Waals surface area contributed by atoms with Gasteiger partial charge in [0, 0.05) is 12.6 Å². The third-order valence-corrected chi connectivity index (χ3v) is 4.27. The molecule has 2 rings (SSSR count). The van der Waals surface area contributed by atoms with E-state index >= 15 is 0 Å². The van der Waals surface area contributed by atoms with Crippen molar-refractivity contribution >= 4 is 5.91 Å². The molecule has 2 atom stereocenters. The van der Waals surface area contributed by atoms with E-state index in [1.54, 1.807) is 0 Å². The van der Waals surface area contributed by atoms with Crippen molar-refractivity contribution in [2.45, 2.75) is 39.2 Å². The molecule has 2 aliphatic rings. The van der Waals surface area contributed by atoms with Gasteiger partial charge in [0.2, 0.25) is 5.91 Å². The minimum Gasteiger partial charge on any atom is -0.379 e. The van der Waals surface area contributed by atoms with E-state index in [1.807, 2.05) is 6.92 Å². The average Bonchev–Trinajstić information content (AvgIpc) is 2.54. The summed E-state index contributed by atoms with van der Waals surface area (Å²) in [5.74, 6) is 0.0469. The molecule has 4 nitrogen and oxygen atoms in total. The molecule has 0 aromatic rings. The molecule has 1 aliphatic carbocycles. The highest BCUT2D eigenvalue weighted by molar-refractivity contribution is 5.83. The Balaban J connectivity index is 1.87. The zero-order valence-corrected chi connectivity index (χ0v) is 10.2. The van der Waals surface area contributed by atoms with Crippen LogP contribution < -0.4 is 11.1 Å². The van der Waals surface area contributed by atoms with E-state index in [9.17, 15) is 4.79 Å². The van der Waals surface area contributed by atoms with Gasteiger partial charge >= 0.3 is 0 Å². The van der Waals surface area contributed by atoms with Crippen molar-refractivity contribution < 1.29 is 9.53 Å². The summed E-state index contributed by atoms with van der Waals surface area (Å²) in [6, 6.07) is -0.179. The van der Waals surface area contributed by atoms with Crippen LogP contribution in [0.25, 0.3) is 0 Å². The molecule has 0 radical (unpaired) electrons. The van der Waals surface area contributed by atoms with Gasteiger partial charge in [-0.25, -0.2) is 0 Å². The number of ether oxygens (including phenoxy) is 1. The monoisotopic (exact) mass is 226 g/mol. The van der Waals surface area contributed by atoms with Gasteiger partial charge in [0.05, 0.1) is 18.6 Å². The minimum absolute atomic E-state index is 0.0469. The van der Waals surface area contributed by atoms with Crippen LogP contribution >= 0.6 is 0 Å². The Morgan fingerprint density at radius 3 is 2.62 bits per heavy atom. The van der Waals surface area contributed by atoms with Gasteiger partial charge in [-0.15, -0.1) is 0 Å². The molecule has 1 aliphatic heterocycles. The van der Waals surface area contributed by atoms with E-state index in [2.05, 4.69) is 12.2 Å². The van der Waals surface area contributed by atoms with Gasteiger partial charge in [0.1, 0.15) is 0 Å². The van der Waals surface area contributed by atoms with Crippen molar-refractivity contribution in [3.8, 4) is 0 Å². The van der Waals surface area contributed by atoms with Gasteiger partial charge in [0.25, 0.3) is 0 Å². The van der Waals surface area contributed by atoms with Crippen molar-refractivity contribution in [3.63, 3.8) is 0 Å². The van der Waals surface area contributed by atoms with Crippen LogP contribution in [0, 0.1) is 10.8 Å². The highest BCUT2D eigenvalue weighted by Crippen LogP contribution is 2.39. The minimum atomic E-state index is -0.542. The van der Waals surface area contributed by atoms with Gasteiger partial charge in [-0.05, 0) is 25.2 Å². The van der Waals surface area contributed by atoms with Crippen molar-refractivity contribution in [3.05, 3.63) is 0 Å². The molecular weight excluding hydrogens is 204 g/mol. The van der Waals surface area contributed by atoms with Crippen LogP contribution in [0.1, 0.15) is 33.1 Å². The van der Waals surface area contributed by atoms with Gasteiger partial charge in [-0.2, -0.15) is 0 Å². The number of amides is 1. The molecule has 1 amide bonds. The fourth-order valence-corrected chi connectivity index (χ4v) is 2.38. The molecule has 0 aromatic carbocycles. The van der Waals surface area contributed by atoms with Crippen molar-refractivity contribution in [2.24, 2.45) is 16.6 Å². The molecule has 1 saturated heterocycles. The number of rotatable bonds is 3. The molecule has 4 heteroatoms. The van der Waals surface area contributed by atoms with Crippen molar-refractivity contribution in [2.75, 3.05) is 19.8 Å². The topological polar surface area (TPSA) is 64.3 Å². The molecule has 2 unspecified atom stereocenters. The SMILES string of the molecule is CC1(CNC(=O)C2(C)COCC2N)CCC1. The highest BCUT2D eigenvalue weighted by Gasteiger charge is 2.45. The van der Waals surface area contributed by atoms with Gasteiger partial charge in [0.15, 0.2) is 0 Å². The maximum atomic E-state index is 12.1. The maximum absolute atomic E-state index is 12.1. The number of carbonyl (C=O) groups excluding carboxylic acids is 1. The molecule has 0 spiro atoms. The molecule has 92 valence electrons. The first kappa shape index (κ1) is 11.9. The Labute approximate surface area is 96.9 Å². The summed E-state index contributed by atoms with van der Waals surface area (Å²) in [6.07, 6.45) is 3.71. The number of nitrogens with two attached hydrogens (primary N) is 1. The van der Waals surface area contributed by atoms with Crippen LogP contribution in [0.5, 0.6) is 0 Å². The Hall–Kier alpha value is -0.610. The molecule has 1 heterocycles. The predicted molar refractivity (Wildman–Crippen MR) is 61.9 cm³/mol. The van der Waals surface area contributed by atoms with E-state index in [0.717, 1.165) is 6.54 Å². The van der Waals surface area contributed by atoms with E-state index in [0.29, 0.717) is 18.6 Å². The summed E-state index contributed by atoms with van der Waals surface area (Å²) < 4.78 is 5.28. The quantitative estimate of drug-likeness (QED) is 0.743. The molecular formula is C12H22N2O2. The summed E-state index contributed by atoms with van der Waals surface area (Å²) in [5.41, 5.74) is 5.69. The van der Waals surface area contributed by atoms with Gasteiger partial charge in [-0.3, -0.25) is 4.79 Å². The summed E-state index contributed by atoms with van der Waals surface area (Å²) >= 11 is 0. The van der Waals surface area contributed by atoms with E-state index in [1.165, 1.54) is 19.3 Å². The first-order chi connectivity index (χ1) is 7.46. The lowest BCUT2D eigenvalue weighted by molar-refractivity contribution is -0.131. The van der Waals surface area contributed by atoms with Gasteiger partial charge < -0.3 is 15.8 Å². The van der Waals surface area contributed by atoms with Crippen molar-refractivity contribution in [1.29, 1.82) is 0 Å². The summed E-state index contributed by atoms with van der Waals surface area (Å²) in [5, 5.41) is 3.04. The Kier molecular flexibility index (Phi) is 2.97. The van der Waals surface area contributed by atoms with E-state index in [-0.39, 0.29) is 11.9 Å². The standard InChI is InChI=1S/C12H22N2O2/c1-11(4-3-5-11)7-14-10(15)12(2)8-16-6-9(12)13/h9H,3-8,13H2,1-2H3,(H,14,15). The Morgan fingerprint density at radius 1 is 1.50 bits per heavy atom. The summed E-state index contributed by atoms with van der Waals surface area (Å²) in [4.78, 5) is 12.1. The second-order valence-corrected chi connectivity index (χ2v) is 5.89. The zero-order chi connectivity index (χ0) is 11.8. The number of carbonyl (C=O) groups is 1. The lowest BCUT2D eigenvalue weighted by Crippen LogP contribution is -2.52. The largest absolute Gasteiger partial charge is 0.379 e. The molecule has 1 saturated carbocycles.